The van der Waals surface area contributed by atoms with E-state index in [1.807, 2.05) is 7.11 Å². The summed E-state index contributed by atoms with van der Waals surface area (Å²) in [6, 6.07) is 11.2. The van der Waals surface area contributed by atoms with Crippen LogP contribution in [0.3, 0.4) is 0 Å². The highest BCUT2D eigenvalue weighted by Gasteiger charge is 2.36. The fourth-order valence-electron chi connectivity index (χ4n) is 2.72. The van der Waals surface area contributed by atoms with Crippen LogP contribution in [0.4, 0.5) is 0 Å². The lowest BCUT2D eigenvalue weighted by atomic mass is 9.98. The maximum atomic E-state index is 5.71. The quantitative estimate of drug-likeness (QED) is 0.762. The maximum absolute atomic E-state index is 5.71. The van der Waals surface area contributed by atoms with E-state index in [2.05, 4.69) is 42.6 Å². The number of methoxy groups -OCH3 is 1. The largest absolute Gasteiger partial charge is 0.380 e. The van der Waals surface area contributed by atoms with E-state index in [1.54, 1.807) is 0 Å². The van der Waals surface area contributed by atoms with Crippen molar-refractivity contribution < 1.29 is 4.74 Å². The van der Waals surface area contributed by atoms with Gasteiger partial charge in [0.1, 0.15) is 0 Å². The van der Waals surface area contributed by atoms with Crippen LogP contribution in [0.1, 0.15) is 31.7 Å². The highest BCUT2D eigenvalue weighted by atomic mass is 16.5. The first-order chi connectivity index (χ1) is 8.85. The first-order valence-corrected chi connectivity index (χ1v) is 7.15. The number of hydrogen-bond acceptors (Lipinski definition) is 2. The Morgan fingerprint density at radius 3 is 2.56 bits per heavy atom. The number of likely N-dealkylation sites (N-methyl/N-ethyl adjacent to an activating group) is 1. The van der Waals surface area contributed by atoms with Crippen molar-refractivity contribution in [3.63, 3.8) is 0 Å². The average Bonchev–Trinajstić information content (AvgIpc) is 3.23. The van der Waals surface area contributed by atoms with Crippen molar-refractivity contribution in [1.29, 1.82) is 0 Å². The first-order valence-electron chi connectivity index (χ1n) is 7.15. The van der Waals surface area contributed by atoms with Gasteiger partial charge in [-0.05, 0) is 43.7 Å². The van der Waals surface area contributed by atoms with E-state index < -0.39 is 0 Å². The normalized spacial score (nSPS) is 18.6. The Morgan fingerprint density at radius 2 is 2.00 bits per heavy atom. The summed E-state index contributed by atoms with van der Waals surface area (Å²) in [5, 5.41) is 3.60. The van der Waals surface area contributed by atoms with Gasteiger partial charge in [0.25, 0.3) is 0 Å². The standard InChI is InChI=1S/C16H25NO/c1-3-17-15(16(18-2)14-10-11-14)12-9-13-7-5-4-6-8-13/h4-8,14-17H,3,9-12H2,1-2H3. The van der Waals surface area contributed by atoms with Gasteiger partial charge in [-0.1, -0.05) is 37.3 Å². The van der Waals surface area contributed by atoms with Gasteiger partial charge in [0.05, 0.1) is 6.10 Å². The molecule has 0 bridgehead atoms. The summed E-state index contributed by atoms with van der Waals surface area (Å²) in [5.74, 6) is 0.787. The molecule has 100 valence electrons. The predicted molar refractivity (Wildman–Crippen MR) is 75.7 cm³/mol. The third kappa shape index (κ3) is 3.82. The lowest BCUT2D eigenvalue weighted by Crippen LogP contribution is -2.42. The molecule has 0 saturated heterocycles. The molecule has 1 aliphatic rings. The monoisotopic (exact) mass is 247 g/mol. The van der Waals surface area contributed by atoms with Gasteiger partial charge in [-0.3, -0.25) is 0 Å². The van der Waals surface area contributed by atoms with Crippen molar-refractivity contribution in [3.05, 3.63) is 35.9 Å². The lowest BCUT2D eigenvalue weighted by molar-refractivity contribution is 0.0490. The van der Waals surface area contributed by atoms with Gasteiger partial charge in [0.2, 0.25) is 0 Å². The lowest BCUT2D eigenvalue weighted by Gasteiger charge is -2.27. The third-order valence-electron chi connectivity index (χ3n) is 3.81. The van der Waals surface area contributed by atoms with Crippen LogP contribution in [0.25, 0.3) is 0 Å². The Morgan fingerprint density at radius 1 is 1.28 bits per heavy atom. The van der Waals surface area contributed by atoms with Gasteiger partial charge in [-0.25, -0.2) is 0 Å². The van der Waals surface area contributed by atoms with Crippen LogP contribution >= 0.6 is 0 Å². The molecule has 18 heavy (non-hydrogen) atoms. The second kappa shape index (κ2) is 6.91. The highest BCUT2D eigenvalue weighted by Crippen LogP contribution is 2.36. The van der Waals surface area contributed by atoms with E-state index in [1.165, 1.54) is 18.4 Å². The Bertz CT molecular complexity index is 334. The van der Waals surface area contributed by atoms with Crippen LogP contribution in [-0.4, -0.2) is 25.8 Å². The molecule has 2 atom stereocenters. The smallest absolute Gasteiger partial charge is 0.0752 e. The molecule has 1 fully saturated rings. The molecule has 1 N–H and O–H groups in total. The molecule has 2 rings (SSSR count). The zero-order valence-corrected chi connectivity index (χ0v) is 11.6. The SMILES string of the molecule is CCNC(CCc1ccccc1)C(OC)C1CC1. The van der Waals surface area contributed by atoms with Crippen LogP contribution in [0.5, 0.6) is 0 Å². The number of aryl methyl sites for hydroxylation is 1. The fourth-order valence-corrected chi connectivity index (χ4v) is 2.72. The summed E-state index contributed by atoms with van der Waals surface area (Å²) >= 11 is 0. The van der Waals surface area contributed by atoms with Gasteiger partial charge in [0.15, 0.2) is 0 Å². The number of nitrogens with one attached hydrogen (secondary N) is 1. The minimum atomic E-state index is 0.397. The van der Waals surface area contributed by atoms with Crippen molar-refractivity contribution in [2.45, 2.75) is 44.8 Å². The zero-order chi connectivity index (χ0) is 12.8. The Labute approximate surface area is 111 Å². The molecule has 2 nitrogen and oxygen atoms in total. The second-order valence-corrected chi connectivity index (χ2v) is 5.23. The highest BCUT2D eigenvalue weighted by molar-refractivity contribution is 5.15. The van der Waals surface area contributed by atoms with Crippen LogP contribution in [-0.2, 0) is 11.2 Å². The van der Waals surface area contributed by atoms with Crippen molar-refractivity contribution >= 4 is 0 Å². The van der Waals surface area contributed by atoms with Crippen LogP contribution in [0.15, 0.2) is 30.3 Å². The van der Waals surface area contributed by atoms with E-state index in [0.717, 1.165) is 25.3 Å². The summed E-state index contributed by atoms with van der Waals surface area (Å²) < 4.78 is 5.71. The van der Waals surface area contributed by atoms with E-state index in [4.69, 9.17) is 4.74 Å². The fraction of sp³-hybridized carbons (Fsp3) is 0.625. The van der Waals surface area contributed by atoms with Crippen molar-refractivity contribution in [2.24, 2.45) is 5.92 Å². The molecule has 0 amide bonds. The number of benzene rings is 1. The molecular formula is C16H25NO. The Kier molecular flexibility index (Phi) is 5.21. The topological polar surface area (TPSA) is 21.3 Å². The Hall–Kier alpha value is -0.860. The summed E-state index contributed by atoms with van der Waals surface area (Å²) in [5.41, 5.74) is 1.42. The average molecular weight is 247 g/mol. The molecule has 1 aromatic carbocycles. The molecule has 1 aliphatic carbocycles. The first kappa shape index (κ1) is 13.6. The Balaban J connectivity index is 1.89. The molecule has 0 radical (unpaired) electrons. The predicted octanol–water partition coefficient (Wildman–Crippen LogP) is 3.02. The molecule has 1 saturated carbocycles. The van der Waals surface area contributed by atoms with E-state index in [0.29, 0.717) is 12.1 Å². The van der Waals surface area contributed by atoms with Gasteiger partial charge in [-0.15, -0.1) is 0 Å². The summed E-state index contributed by atoms with van der Waals surface area (Å²) in [4.78, 5) is 0. The number of ether oxygens (including phenoxy) is 1. The maximum Gasteiger partial charge on any atom is 0.0752 e. The van der Waals surface area contributed by atoms with Gasteiger partial charge in [0, 0.05) is 13.2 Å². The van der Waals surface area contributed by atoms with Gasteiger partial charge in [-0.2, -0.15) is 0 Å². The number of hydrogen-bond donors (Lipinski definition) is 1. The molecule has 1 aromatic rings. The van der Waals surface area contributed by atoms with Crippen LogP contribution < -0.4 is 5.32 Å². The number of rotatable bonds is 8. The molecule has 0 heterocycles. The van der Waals surface area contributed by atoms with Gasteiger partial charge < -0.3 is 10.1 Å². The molecule has 0 aliphatic heterocycles. The van der Waals surface area contributed by atoms with Crippen LogP contribution in [0, 0.1) is 5.92 Å². The van der Waals surface area contributed by atoms with E-state index in [-0.39, 0.29) is 0 Å². The minimum Gasteiger partial charge on any atom is -0.380 e. The van der Waals surface area contributed by atoms with Crippen molar-refractivity contribution in [3.8, 4) is 0 Å². The molecule has 0 spiro atoms. The third-order valence-corrected chi connectivity index (χ3v) is 3.81. The summed E-state index contributed by atoms with van der Waals surface area (Å²) in [7, 11) is 1.86. The van der Waals surface area contributed by atoms with Gasteiger partial charge >= 0.3 is 0 Å². The summed E-state index contributed by atoms with van der Waals surface area (Å²) in [6.45, 7) is 3.20. The molecule has 2 unspecified atom stereocenters. The van der Waals surface area contributed by atoms with Crippen molar-refractivity contribution in [1.82, 2.24) is 5.32 Å². The second-order valence-electron chi connectivity index (χ2n) is 5.23. The minimum absolute atomic E-state index is 0.397. The van der Waals surface area contributed by atoms with E-state index in [9.17, 15) is 0 Å². The molecule has 2 heteroatoms. The van der Waals surface area contributed by atoms with Crippen LogP contribution in [0.2, 0.25) is 0 Å². The molecular weight excluding hydrogens is 222 g/mol. The zero-order valence-electron chi connectivity index (χ0n) is 11.6. The molecule has 0 aromatic heterocycles. The summed E-state index contributed by atoms with van der Waals surface area (Å²) in [6.07, 6.45) is 5.36. The van der Waals surface area contributed by atoms with E-state index >= 15 is 0 Å². The van der Waals surface area contributed by atoms with Crippen molar-refractivity contribution in [2.75, 3.05) is 13.7 Å².